The Morgan fingerprint density at radius 2 is 1.50 bits per heavy atom. The van der Waals surface area contributed by atoms with E-state index in [0.717, 1.165) is 13.8 Å². The minimum Gasteiger partial charge on any atom is -0.479 e. The molecule has 0 saturated carbocycles. The number of hydrogen-bond donors (Lipinski definition) is 1. The van der Waals surface area contributed by atoms with E-state index in [1.54, 1.807) is 6.07 Å². The number of alkyl halides is 7. The zero-order valence-corrected chi connectivity index (χ0v) is 14.4. The van der Waals surface area contributed by atoms with Gasteiger partial charge in [0.25, 0.3) is 0 Å². The molecule has 0 spiro atoms. The first-order valence-electron chi connectivity index (χ1n) is 7.49. The highest BCUT2D eigenvalue weighted by Gasteiger charge is 2.77. The van der Waals surface area contributed by atoms with Crippen LogP contribution in [-0.4, -0.2) is 53.2 Å². The number of carbonyl (C=O) groups is 2. The van der Waals surface area contributed by atoms with Crippen LogP contribution in [0.1, 0.15) is 13.8 Å². The Labute approximate surface area is 154 Å². The fourth-order valence-corrected chi connectivity index (χ4v) is 1.77. The molecule has 0 heterocycles. The molecule has 0 aliphatic rings. The van der Waals surface area contributed by atoms with E-state index in [9.17, 15) is 45.4 Å². The third-order valence-electron chi connectivity index (χ3n) is 3.29. The fourth-order valence-electron chi connectivity index (χ4n) is 1.77. The van der Waals surface area contributed by atoms with Crippen LogP contribution in [0.4, 0.5) is 30.7 Å². The summed E-state index contributed by atoms with van der Waals surface area (Å²) in [5, 5.41) is 9.71. The first-order valence-corrected chi connectivity index (χ1v) is 7.49. The minimum atomic E-state index is -6.72. The molecule has 0 aliphatic carbocycles. The Bertz CT molecular complexity index is 696. The third kappa shape index (κ3) is 5.12. The molecule has 0 fully saturated rings. The SMILES string of the molecule is CC(C)(O)C(=O)C(COC(=O)C(F)(F)C(F)(F)C(F)(F)F)Oc1ccccc1. The summed E-state index contributed by atoms with van der Waals surface area (Å²) in [6.07, 6.45) is -8.68. The molecule has 1 aromatic rings. The van der Waals surface area contributed by atoms with Crippen molar-refractivity contribution in [3.8, 4) is 5.75 Å². The Kier molecular flexibility index (Phi) is 6.71. The van der Waals surface area contributed by atoms with Crippen LogP contribution in [0.3, 0.4) is 0 Å². The lowest BCUT2D eigenvalue weighted by atomic mass is 9.99. The first kappa shape index (κ1) is 23.7. The number of hydrogen-bond acceptors (Lipinski definition) is 5. The summed E-state index contributed by atoms with van der Waals surface area (Å²) in [6, 6.07) is 6.99. The first-order chi connectivity index (χ1) is 12.5. The van der Waals surface area contributed by atoms with Crippen LogP contribution in [0.25, 0.3) is 0 Å². The largest absolute Gasteiger partial charge is 0.479 e. The van der Waals surface area contributed by atoms with Gasteiger partial charge in [0.05, 0.1) is 0 Å². The van der Waals surface area contributed by atoms with E-state index in [1.807, 2.05) is 0 Å². The lowest BCUT2D eigenvalue weighted by Crippen LogP contribution is -2.57. The van der Waals surface area contributed by atoms with Crippen LogP contribution in [-0.2, 0) is 14.3 Å². The molecular formula is C16H15F7O5. The van der Waals surface area contributed by atoms with Gasteiger partial charge in [-0.3, -0.25) is 4.79 Å². The molecule has 0 bridgehead atoms. The smallest absolute Gasteiger partial charge is 0.460 e. The molecule has 0 saturated heterocycles. The van der Waals surface area contributed by atoms with E-state index < -0.39 is 48.1 Å². The van der Waals surface area contributed by atoms with Crippen molar-refractivity contribution < 1.29 is 54.9 Å². The maximum Gasteiger partial charge on any atom is 0.460 e. The van der Waals surface area contributed by atoms with E-state index in [0.29, 0.717) is 0 Å². The van der Waals surface area contributed by atoms with Gasteiger partial charge in [-0.15, -0.1) is 0 Å². The van der Waals surface area contributed by atoms with Gasteiger partial charge in [0, 0.05) is 0 Å². The number of esters is 1. The van der Waals surface area contributed by atoms with Gasteiger partial charge in [0.1, 0.15) is 18.0 Å². The van der Waals surface area contributed by atoms with Crippen LogP contribution >= 0.6 is 0 Å². The molecule has 0 aliphatic heterocycles. The number of Topliss-reactive ketones (excluding diaryl/α,β-unsaturated/α-hetero) is 1. The van der Waals surface area contributed by atoms with Crippen molar-refractivity contribution >= 4 is 11.8 Å². The fraction of sp³-hybridized carbons (Fsp3) is 0.500. The lowest BCUT2D eigenvalue weighted by molar-refractivity contribution is -0.348. The summed E-state index contributed by atoms with van der Waals surface area (Å²) in [6.45, 7) is 0.510. The summed E-state index contributed by atoms with van der Waals surface area (Å²) in [4.78, 5) is 23.3. The van der Waals surface area contributed by atoms with Crippen molar-refractivity contribution in [2.45, 2.75) is 43.6 Å². The van der Waals surface area contributed by atoms with Gasteiger partial charge in [0.15, 0.2) is 6.10 Å². The van der Waals surface area contributed by atoms with Gasteiger partial charge < -0.3 is 14.6 Å². The molecule has 28 heavy (non-hydrogen) atoms. The number of carbonyl (C=O) groups excluding carboxylic acids is 2. The number of ether oxygens (including phenoxy) is 2. The molecule has 0 aromatic heterocycles. The van der Waals surface area contributed by atoms with Crippen molar-refractivity contribution in [1.82, 2.24) is 0 Å². The second-order valence-corrected chi connectivity index (χ2v) is 6.09. The highest BCUT2D eigenvalue weighted by molar-refractivity contribution is 5.91. The van der Waals surface area contributed by atoms with Crippen molar-refractivity contribution in [1.29, 1.82) is 0 Å². The van der Waals surface area contributed by atoms with E-state index >= 15 is 0 Å². The molecule has 158 valence electrons. The monoisotopic (exact) mass is 420 g/mol. The maximum atomic E-state index is 13.3. The van der Waals surface area contributed by atoms with Gasteiger partial charge in [0.2, 0.25) is 5.78 Å². The highest BCUT2D eigenvalue weighted by atomic mass is 19.4. The molecule has 1 N–H and O–H groups in total. The van der Waals surface area contributed by atoms with Crippen molar-refractivity contribution in [3.05, 3.63) is 30.3 Å². The van der Waals surface area contributed by atoms with Crippen LogP contribution in [0, 0.1) is 0 Å². The molecule has 12 heteroatoms. The van der Waals surface area contributed by atoms with Gasteiger partial charge in [-0.1, -0.05) is 18.2 Å². The van der Waals surface area contributed by atoms with E-state index in [4.69, 9.17) is 4.74 Å². The molecule has 1 rings (SSSR count). The number of aliphatic hydroxyl groups is 1. The molecular weight excluding hydrogens is 405 g/mol. The van der Waals surface area contributed by atoms with Gasteiger partial charge in [-0.05, 0) is 26.0 Å². The van der Waals surface area contributed by atoms with Crippen molar-refractivity contribution in [3.63, 3.8) is 0 Å². The van der Waals surface area contributed by atoms with Crippen molar-refractivity contribution in [2.24, 2.45) is 0 Å². The molecule has 5 nitrogen and oxygen atoms in total. The Morgan fingerprint density at radius 3 is 1.93 bits per heavy atom. The third-order valence-corrected chi connectivity index (χ3v) is 3.29. The summed E-state index contributed by atoms with van der Waals surface area (Å²) < 4.78 is 97.5. The van der Waals surface area contributed by atoms with Gasteiger partial charge in [-0.2, -0.15) is 30.7 Å². The zero-order chi connectivity index (χ0) is 22.0. The Hall–Kier alpha value is -2.37. The second kappa shape index (κ2) is 7.94. The zero-order valence-electron chi connectivity index (χ0n) is 14.4. The number of halogens is 7. The maximum absolute atomic E-state index is 13.3. The molecule has 1 aromatic carbocycles. The van der Waals surface area contributed by atoms with Gasteiger partial charge in [-0.25, -0.2) is 4.79 Å². The molecule has 0 radical (unpaired) electrons. The van der Waals surface area contributed by atoms with Crippen LogP contribution in [0.2, 0.25) is 0 Å². The van der Waals surface area contributed by atoms with Crippen LogP contribution in [0.15, 0.2) is 30.3 Å². The highest BCUT2D eigenvalue weighted by Crippen LogP contribution is 2.47. The number of para-hydroxylation sites is 1. The van der Waals surface area contributed by atoms with Gasteiger partial charge >= 0.3 is 24.0 Å². The van der Waals surface area contributed by atoms with E-state index in [-0.39, 0.29) is 5.75 Å². The molecule has 0 amide bonds. The Balaban J connectivity index is 3.01. The van der Waals surface area contributed by atoms with Crippen LogP contribution < -0.4 is 4.74 Å². The predicted octanol–water partition coefficient (Wildman–Crippen LogP) is 3.15. The lowest BCUT2D eigenvalue weighted by Gasteiger charge is -2.28. The summed E-state index contributed by atoms with van der Waals surface area (Å²) in [5.74, 6) is -17.4. The molecule has 1 unspecified atom stereocenters. The van der Waals surface area contributed by atoms with Crippen molar-refractivity contribution in [2.75, 3.05) is 6.61 Å². The number of rotatable bonds is 8. The number of ketones is 1. The topological polar surface area (TPSA) is 72.8 Å². The van der Waals surface area contributed by atoms with E-state index in [2.05, 4.69) is 4.74 Å². The normalized spacial score (nSPS) is 14.4. The summed E-state index contributed by atoms with van der Waals surface area (Å²) in [7, 11) is 0. The number of benzene rings is 1. The quantitative estimate of drug-likeness (QED) is 0.517. The summed E-state index contributed by atoms with van der Waals surface area (Å²) in [5.41, 5.74) is -2.12. The average molecular weight is 420 g/mol. The Morgan fingerprint density at radius 1 is 1.00 bits per heavy atom. The standard InChI is InChI=1S/C16H15F7O5/c1-13(2,26)11(24)10(28-9-6-4-3-5-7-9)8-27-12(25)14(17,18)15(19,20)16(21,22)23/h3-7,10,26H,8H2,1-2H3. The minimum absolute atomic E-state index is 0.0477. The second-order valence-electron chi connectivity index (χ2n) is 6.09. The van der Waals surface area contributed by atoms with E-state index in [1.165, 1.54) is 24.3 Å². The van der Waals surface area contributed by atoms with Crippen LogP contribution in [0.5, 0.6) is 5.75 Å². The average Bonchev–Trinajstić information content (AvgIpc) is 2.56. The molecule has 1 atom stereocenters. The predicted molar refractivity (Wildman–Crippen MR) is 79.1 cm³/mol. The summed E-state index contributed by atoms with van der Waals surface area (Å²) >= 11 is 0.